The summed E-state index contributed by atoms with van der Waals surface area (Å²) in [6.45, 7) is 0.0332. The molecule has 1 aromatic heterocycles. The molecule has 0 spiro atoms. The minimum Gasteiger partial charge on any atom is -0.390 e. The van der Waals surface area contributed by atoms with Crippen LogP contribution in [0.3, 0.4) is 0 Å². The molecule has 7 heteroatoms. The van der Waals surface area contributed by atoms with Crippen molar-refractivity contribution >= 4 is 10.9 Å². The average Bonchev–Trinajstić information content (AvgIpc) is 2.46. The molecule has 0 fully saturated rings. The Morgan fingerprint density at radius 1 is 1.40 bits per heavy atom. The van der Waals surface area contributed by atoms with Gasteiger partial charge in [-0.15, -0.1) is 0 Å². The first-order valence-electron chi connectivity index (χ1n) is 6.04. The van der Waals surface area contributed by atoms with Crippen LogP contribution < -0.4 is 0 Å². The van der Waals surface area contributed by atoms with Crippen molar-refractivity contribution in [3.63, 3.8) is 0 Å². The lowest BCUT2D eigenvalue weighted by atomic mass is 9.99. The minimum atomic E-state index is -1.38. The Kier molecular flexibility index (Phi) is 4.47. The number of aliphatic hydroxyl groups is 2. The van der Waals surface area contributed by atoms with E-state index in [9.17, 15) is 14.6 Å². The van der Waals surface area contributed by atoms with Gasteiger partial charge >= 0.3 is 0 Å². The summed E-state index contributed by atoms with van der Waals surface area (Å²) in [7, 11) is 0. The lowest BCUT2D eigenvalue weighted by molar-refractivity contribution is 0.0131. The number of aromatic nitrogens is 1. The number of fused-ring (bicyclic) bond motifs is 1. The van der Waals surface area contributed by atoms with Gasteiger partial charge in [0, 0.05) is 34.7 Å². The van der Waals surface area contributed by atoms with Crippen LogP contribution in [-0.4, -0.2) is 27.8 Å². The highest BCUT2D eigenvalue weighted by Crippen LogP contribution is 2.26. The zero-order chi connectivity index (χ0) is 14.5. The Bertz CT molecular complexity index is 658. The lowest BCUT2D eigenvalue weighted by Gasteiger charge is -2.18. The van der Waals surface area contributed by atoms with Crippen LogP contribution >= 0.6 is 0 Å². The molecule has 0 aliphatic carbocycles. The molecule has 0 amide bonds. The van der Waals surface area contributed by atoms with Gasteiger partial charge < -0.3 is 10.2 Å². The summed E-state index contributed by atoms with van der Waals surface area (Å²) in [6.07, 6.45) is -0.986. The summed E-state index contributed by atoms with van der Waals surface area (Å²) in [6, 6.07) is 6.12. The van der Waals surface area contributed by atoms with Gasteiger partial charge in [0.25, 0.3) is 0 Å². The summed E-state index contributed by atoms with van der Waals surface area (Å²) in [4.78, 5) is 6.56. The fourth-order valence-corrected chi connectivity index (χ4v) is 1.94. The van der Waals surface area contributed by atoms with Gasteiger partial charge in [0.05, 0.1) is 11.6 Å². The van der Waals surface area contributed by atoms with Crippen molar-refractivity contribution in [2.24, 2.45) is 5.11 Å². The quantitative estimate of drug-likeness (QED) is 0.498. The normalized spacial score (nSPS) is 13.8. The first-order valence-corrected chi connectivity index (χ1v) is 6.04. The van der Waals surface area contributed by atoms with Crippen LogP contribution in [0.2, 0.25) is 0 Å². The van der Waals surface area contributed by atoms with E-state index in [0.717, 1.165) is 0 Å². The van der Waals surface area contributed by atoms with Crippen molar-refractivity contribution < 1.29 is 14.6 Å². The molecular weight excluding hydrogens is 263 g/mol. The van der Waals surface area contributed by atoms with Crippen molar-refractivity contribution in [3.8, 4) is 0 Å². The van der Waals surface area contributed by atoms with E-state index in [1.165, 1.54) is 12.1 Å². The molecule has 20 heavy (non-hydrogen) atoms. The van der Waals surface area contributed by atoms with Gasteiger partial charge in [-0.2, -0.15) is 0 Å². The van der Waals surface area contributed by atoms with Crippen molar-refractivity contribution in [3.05, 3.63) is 52.3 Å². The van der Waals surface area contributed by atoms with E-state index in [0.29, 0.717) is 10.9 Å². The fraction of sp³-hybridized carbons (Fsp3) is 0.308. The topological polar surface area (TPSA) is 102 Å². The highest BCUT2D eigenvalue weighted by atomic mass is 19.1. The number of rotatable bonds is 5. The third-order valence-corrected chi connectivity index (χ3v) is 2.99. The Morgan fingerprint density at radius 3 is 2.95 bits per heavy atom. The van der Waals surface area contributed by atoms with Crippen molar-refractivity contribution in [2.75, 3.05) is 6.54 Å². The second-order valence-corrected chi connectivity index (χ2v) is 4.33. The SMILES string of the molecule is [N-]=[N+]=NCCC(O)C(O)c1cc2cccnc2cc1F. The van der Waals surface area contributed by atoms with Crippen LogP contribution in [0.25, 0.3) is 21.3 Å². The van der Waals surface area contributed by atoms with Gasteiger partial charge in [0.1, 0.15) is 11.9 Å². The van der Waals surface area contributed by atoms with Crippen molar-refractivity contribution in [1.29, 1.82) is 0 Å². The lowest BCUT2D eigenvalue weighted by Crippen LogP contribution is -2.20. The molecule has 2 N–H and O–H groups in total. The summed E-state index contributed by atoms with van der Waals surface area (Å²) in [5.74, 6) is -0.633. The molecule has 0 aliphatic heterocycles. The smallest absolute Gasteiger partial charge is 0.131 e. The number of benzene rings is 1. The minimum absolute atomic E-state index is 0.000984. The van der Waals surface area contributed by atoms with Crippen molar-refractivity contribution in [2.45, 2.75) is 18.6 Å². The molecule has 0 bridgehead atoms. The Hall–Kier alpha value is -2.21. The summed E-state index contributed by atoms with van der Waals surface area (Å²) in [5.41, 5.74) is 8.62. The standard InChI is InChI=1S/C13H13FN4O2/c14-10-7-11-8(2-1-4-16-11)6-9(10)13(20)12(19)3-5-17-18-15/h1-2,4,6-7,12-13,19-20H,3,5H2. The third-order valence-electron chi connectivity index (χ3n) is 2.99. The number of hydrogen-bond acceptors (Lipinski definition) is 4. The maximum Gasteiger partial charge on any atom is 0.131 e. The highest BCUT2D eigenvalue weighted by Gasteiger charge is 2.21. The van der Waals surface area contributed by atoms with E-state index in [4.69, 9.17) is 5.53 Å². The van der Waals surface area contributed by atoms with Crippen LogP contribution in [0.15, 0.2) is 35.6 Å². The number of azide groups is 1. The zero-order valence-electron chi connectivity index (χ0n) is 10.5. The molecule has 6 nitrogen and oxygen atoms in total. The second kappa shape index (κ2) is 6.29. The molecule has 1 aromatic carbocycles. The van der Waals surface area contributed by atoms with Gasteiger partial charge in [0.2, 0.25) is 0 Å². The molecule has 0 radical (unpaired) electrons. The van der Waals surface area contributed by atoms with E-state index in [1.807, 2.05) is 0 Å². The van der Waals surface area contributed by atoms with Crippen molar-refractivity contribution in [1.82, 2.24) is 4.98 Å². The highest BCUT2D eigenvalue weighted by molar-refractivity contribution is 5.79. The number of hydrogen-bond donors (Lipinski definition) is 2. The molecule has 0 saturated carbocycles. The molecule has 104 valence electrons. The van der Waals surface area contributed by atoms with Crippen LogP contribution in [0.1, 0.15) is 18.1 Å². The first-order chi connectivity index (χ1) is 9.63. The number of halogens is 1. The summed E-state index contributed by atoms with van der Waals surface area (Å²) >= 11 is 0. The van der Waals surface area contributed by atoms with Crippen LogP contribution in [0.4, 0.5) is 4.39 Å². The molecule has 2 rings (SSSR count). The summed E-state index contributed by atoms with van der Waals surface area (Å²) in [5, 5.41) is 23.7. The second-order valence-electron chi connectivity index (χ2n) is 4.33. The molecule has 0 saturated heterocycles. The Labute approximate surface area is 114 Å². The molecular formula is C13H13FN4O2. The zero-order valence-corrected chi connectivity index (χ0v) is 10.5. The van der Waals surface area contributed by atoms with Crippen LogP contribution in [-0.2, 0) is 0 Å². The number of nitrogens with zero attached hydrogens (tertiary/aromatic N) is 4. The monoisotopic (exact) mass is 276 g/mol. The van der Waals surface area contributed by atoms with E-state index >= 15 is 0 Å². The average molecular weight is 276 g/mol. The van der Waals surface area contributed by atoms with E-state index < -0.39 is 18.0 Å². The maximum absolute atomic E-state index is 13.9. The molecule has 2 unspecified atom stereocenters. The van der Waals surface area contributed by atoms with Gasteiger partial charge in [-0.1, -0.05) is 11.2 Å². The number of aliphatic hydroxyl groups excluding tert-OH is 2. The van der Waals surface area contributed by atoms with Gasteiger partial charge in [-0.25, -0.2) is 4.39 Å². The largest absolute Gasteiger partial charge is 0.390 e. The third kappa shape index (κ3) is 3.03. The predicted octanol–water partition coefficient (Wildman–Crippen LogP) is 2.47. The van der Waals surface area contributed by atoms with E-state index in [-0.39, 0.29) is 18.5 Å². The molecule has 2 aromatic rings. The number of pyridine rings is 1. The fourth-order valence-electron chi connectivity index (χ4n) is 1.94. The van der Waals surface area contributed by atoms with Gasteiger partial charge in [0.15, 0.2) is 0 Å². The molecule has 0 aliphatic rings. The summed E-state index contributed by atoms with van der Waals surface area (Å²) < 4.78 is 13.9. The maximum atomic E-state index is 13.9. The molecule has 1 heterocycles. The van der Waals surface area contributed by atoms with Gasteiger partial charge in [-0.3, -0.25) is 4.98 Å². The molecule has 2 atom stereocenters. The predicted molar refractivity (Wildman–Crippen MR) is 71.3 cm³/mol. The first kappa shape index (κ1) is 14.2. The van der Waals surface area contributed by atoms with Crippen LogP contribution in [0.5, 0.6) is 0 Å². The van der Waals surface area contributed by atoms with E-state index in [2.05, 4.69) is 15.0 Å². The van der Waals surface area contributed by atoms with E-state index in [1.54, 1.807) is 18.3 Å². The van der Waals surface area contributed by atoms with Crippen LogP contribution in [0, 0.1) is 5.82 Å². The Balaban J connectivity index is 2.26. The van der Waals surface area contributed by atoms with Gasteiger partial charge in [-0.05, 0) is 24.1 Å². The Morgan fingerprint density at radius 2 is 2.20 bits per heavy atom.